The van der Waals surface area contributed by atoms with E-state index < -0.39 is 0 Å². The van der Waals surface area contributed by atoms with Gasteiger partial charge in [-0.05, 0) is 19.8 Å². The van der Waals surface area contributed by atoms with Gasteiger partial charge < -0.3 is 5.32 Å². The van der Waals surface area contributed by atoms with Gasteiger partial charge in [-0.3, -0.25) is 15.0 Å². The van der Waals surface area contributed by atoms with Crippen molar-refractivity contribution in [2.75, 3.05) is 5.75 Å². The SMILES string of the molecule is CCC1CCSC(=NCc2cnc(C)cn2)N1. The first-order chi connectivity index (χ1) is 8.28. The number of amidine groups is 1. The number of rotatable bonds is 3. The normalized spacial score (nSPS) is 22.5. The molecule has 1 aromatic heterocycles. The van der Waals surface area contributed by atoms with Gasteiger partial charge in [0.15, 0.2) is 5.17 Å². The van der Waals surface area contributed by atoms with E-state index in [1.807, 2.05) is 6.92 Å². The van der Waals surface area contributed by atoms with Gasteiger partial charge in [-0.1, -0.05) is 18.7 Å². The number of thioether (sulfide) groups is 1. The number of aliphatic imine (C=N–C) groups is 1. The van der Waals surface area contributed by atoms with Crippen molar-refractivity contribution in [1.29, 1.82) is 0 Å². The fraction of sp³-hybridized carbons (Fsp3) is 0.583. The summed E-state index contributed by atoms with van der Waals surface area (Å²) in [5, 5.41) is 4.50. The third kappa shape index (κ3) is 3.70. The maximum Gasteiger partial charge on any atom is 0.157 e. The number of nitrogens with zero attached hydrogens (tertiary/aromatic N) is 3. The Balaban J connectivity index is 1.93. The summed E-state index contributed by atoms with van der Waals surface area (Å²) in [5.74, 6) is 1.16. The van der Waals surface area contributed by atoms with Crippen LogP contribution in [0.3, 0.4) is 0 Å². The molecule has 0 aliphatic carbocycles. The topological polar surface area (TPSA) is 50.2 Å². The molecule has 92 valence electrons. The van der Waals surface area contributed by atoms with Crippen molar-refractivity contribution in [3.05, 3.63) is 23.8 Å². The van der Waals surface area contributed by atoms with Crippen LogP contribution in [0.25, 0.3) is 0 Å². The average Bonchev–Trinajstić information content (AvgIpc) is 2.38. The van der Waals surface area contributed by atoms with Crippen LogP contribution >= 0.6 is 11.8 Å². The molecular weight excluding hydrogens is 232 g/mol. The minimum absolute atomic E-state index is 0.583. The van der Waals surface area contributed by atoms with E-state index in [4.69, 9.17) is 0 Å². The predicted octanol–water partition coefficient (Wildman–Crippen LogP) is 2.15. The molecule has 1 aliphatic rings. The van der Waals surface area contributed by atoms with Crippen molar-refractivity contribution >= 4 is 16.9 Å². The van der Waals surface area contributed by atoms with Crippen molar-refractivity contribution in [2.24, 2.45) is 4.99 Å². The first-order valence-corrected chi connectivity index (χ1v) is 6.98. The first kappa shape index (κ1) is 12.4. The van der Waals surface area contributed by atoms with Crippen LogP contribution in [-0.4, -0.2) is 26.9 Å². The molecule has 2 heterocycles. The van der Waals surface area contributed by atoms with E-state index in [0.29, 0.717) is 12.6 Å². The molecule has 4 nitrogen and oxygen atoms in total. The highest BCUT2D eigenvalue weighted by atomic mass is 32.2. The number of hydrogen-bond donors (Lipinski definition) is 1. The van der Waals surface area contributed by atoms with Crippen molar-refractivity contribution in [3.8, 4) is 0 Å². The number of nitrogens with one attached hydrogen (secondary N) is 1. The van der Waals surface area contributed by atoms with Crippen molar-refractivity contribution in [3.63, 3.8) is 0 Å². The summed E-state index contributed by atoms with van der Waals surface area (Å²) in [5.41, 5.74) is 1.86. The summed E-state index contributed by atoms with van der Waals surface area (Å²) in [6.07, 6.45) is 5.96. The van der Waals surface area contributed by atoms with E-state index in [1.165, 1.54) is 6.42 Å². The smallest absolute Gasteiger partial charge is 0.157 e. The maximum atomic E-state index is 4.55. The zero-order valence-corrected chi connectivity index (χ0v) is 11.1. The summed E-state index contributed by atoms with van der Waals surface area (Å²) in [4.78, 5) is 13.1. The highest BCUT2D eigenvalue weighted by Crippen LogP contribution is 2.16. The number of aromatic nitrogens is 2. The molecule has 1 aliphatic heterocycles. The molecule has 0 bridgehead atoms. The van der Waals surface area contributed by atoms with Gasteiger partial charge in [0.05, 0.1) is 24.1 Å². The van der Waals surface area contributed by atoms with Gasteiger partial charge in [0.1, 0.15) is 0 Å². The standard InChI is InChI=1S/C12H18N4S/c1-3-10-4-5-17-12(16-10)15-8-11-7-13-9(2)6-14-11/h6-7,10H,3-5,8H2,1-2H3,(H,15,16). The molecule has 1 aromatic rings. The van der Waals surface area contributed by atoms with Crippen LogP contribution in [0.5, 0.6) is 0 Å². The Labute approximate surface area is 106 Å². The van der Waals surface area contributed by atoms with Gasteiger partial charge in [-0.25, -0.2) is 0 Å². The van der Waals surface area contributed by atoms with Crippen LogP contribution in [0, 0.1) is 6.92 Å². The summed E-state index contributed by atoms with van der Waals surface area (Å²) in [6, 6.07) is 0.583. The van der Waals surface area contributed by atoms with Crippen molar-refractivity contribution in [2.45, 2.75) is 39.3 Å². The largest absolute Gasteiger partial charge is 0.362 e. The van der Waals surface area contributed by atoms with E-state index in [2.05, 4.69) is 27.2 Å². The second-order valence-electron chi connectivity index (χ2n) is 4.16. The van der Waals surface area contributed by atoms with E-state index in [9.17, 15) is 0 Å². The molecule has 0 amide bonds. The van der Waals surface area contributed by atoms with Crippen molar-refractivity contribution < 1.29 is 0 Å². The number of hydrogen-bond acceptors (Lipinski definition) is 4. The fourth-order valence-electron chi connectivity index (χ4n) is 1.64. The van der Waals surface area contributed by atoms with E-state index in [-0.39, 0.29) is 0 Å². The Morgan fingerprint density at radius 1 is 1.47 bits per heavy atom. The molecule has 17 heavy (non-hydrogen) atoms. The maximum absolute atomic E-state index is 4.55. The molecule has 1 unspecified atom stereocenters. The highest BCUT2D eigenvalue weighted by Gasteiger charge is 2.15. The quantitative estimate of drug-likeness (QED) is 0.893. The molecule has 0 aromatic carbocycles. The third-order valence-corrected chi connectivity index (χ3v) is 3.70. The van der Waals surface area contributed by atoms with Gasteiger partial charge >= 0.3 is 0 Å². The minimum atomic E-state index is 0.583. The van der Waals surface area contributed by atoms with Crippen LogP contribution in [0.15, 0.2) is 17.4 Å². The van der Waals surface area contributed by atoms with Gasteiger partial charge in [0, 0.05) is 18.0 Å². The van der Waals surface area contributed by atoms with E-state index in [0.717, 1.165) is 28.7 Å². The highest BCUT2D eigenvalue weighted by molar-refractivity contribution is 8.13. The third-order valence-electron chi connectivity index (χ3n) is 2.74. The molecule has 0 radical (unpaired) electrons. The summed E-state index contributed by atoms with van der Waals surface area (Å²) in [7, 11) is 0. The molecule has 1 N–H and O–H groups in total. The second kappa shape index (κ2) is 6.00. The van der Waals surface area contributed by atoms with Crippen molar-refractivity contribution in [1.82, 2.24) is 15.3 Å². The summed E-state index contributed by atoms with van der Waals surface area (Å²) < 4.78 is 0. The lowest BCUT2D eigenvalue weighted by Gasteiger charge is -2.24. The second-order valence-corrected chi connectivity index (χ2v) is 5.24. The van der Waals surface area contributed by atoms with Crippen LogP contribution in [0.1, 0.15) is 31.2 Å². The Morgan fingerprint density at radius 2 is 2.35 bits per heavy atom. The summed E-state index contributed by atoms with van der Waals surface area (Å²) in [6.45, 7) is 4.75. The zero-order valence-electron chi connectivity index (χ0n) is 10.3. The van der Waals surface area contributed by atoms with Gasteiger partial charge in [0.25, 0.3) is 0 Å². The Kier molecular flexibility index (Phi) is 4.36. The Morgan fingerprint density at radius 3 is 3.06 bits per heavy atom. The number of aryl methyl sites for hydroxylation is 1. The van der Waals surface area contributed by atoms with Gasteiger partial charge in [-0.15, -0.1) is 0 Å². The first-order valence-electron chi connectivity index (χ1n) is 5.99. The molecule has 5 heteroatoms. The van der Waals surface area contributed by atoms with Crippen LogP contribution in [-0.2, 0) is 6.54 Å². The van der Waals surface area contributed by atoms with Gasteiger partial charge in [0.2, 0.25) is 0 Å². The molecule has 0 spiro atoms. The fourth-order valence-corrected chi connectivity index (χ4v) is 2.64. The van der Waals surface area contributed by atoms with E-state index >= 15 is 0 Å². The Bertz CT molecular complexity index is 388. The molecule has 1 fully saturated rings. The summed E-state index contributed by atoms with van der Waals surface area (Å²) >= 11 is 1.80. The predicted molar refractivity (Wildman–Crippen MR) is 72.2 cm³/mol. The lowest BCUT2D eigenvalue weighted by Crippen LogP contribution is -2.37. The molecule has 1 saturated heterocycles. The molecule has 2 rings (SSSR count). The monoisotopic (exact) mass is 250 g/mol. The van der Waals surface area contributed by atoms with Gasteiger partial charge in [-0.2, -0.15) is 0 Å². The lowest BCUT2D eigenvalue weighted by molar-refractivity contribution is 0.570. The average molecular weight is 250 g/mol. The van der Waals surface area contributed by atoms with Crippen LogP contribution in [0.4, 0.5) is 0 Å². The lowest BCUT2D eigenvalue weighted by atomic mass is 10.2. The molecular formula is C12H18N4S. The van der Waals surface area contributed by atoms with Crippen LogP contribution < -0.4 is 5.32 Å². The molecule has 0 saturated carbocycles. The van der Waals surface area contributed by atoms with Crippen LogP contribution in [0.2, 0.25) is 0 Å². The zero-order chi connectivity index (χ0) is 12.1. The molecule has 1 atom stereocenters. The Hall–Kier alpha value is -1.10. The van der Waals surface area contributed by atoms with E-state index in [1.54, 1.807) is 24.2 Å². The minimum Gasteiger partial charge on any atom is -0.362 e.